The Morgan fingerprint density at radius 1 is 1.13 bits per heavy atom. The molecule has 1 aliphatic heterocycles. The lowest BCUT2D eigenvalue weighted by molar-refractivity contribution is -0.128. The molecule has 1 fully saturated rings. The fourth-order valence-corrected chi connectivity index (χ4v) is 5.51. The van der Waals surface area contributed by atoms with E-state index in [1.165, 1.54) is 17.0 Å². The standard InChI is InChI=1S/C21H22ClN3O4S2/c1-3-14-5-11-17(12-6-14)31(28,29)24-21-25(4-2)20(27)18(30-21)13-19(26)23-16-9-7-15(22)8-10-16/h5-12,18H,3-4,13H2,1-2H3,(H,23,26)/t18-/m1/s1. The summed E-state index contributed by atoms with van der Waals surface area (Å²) in [4.78, 5) is 26.5. The number of amidine groups is 1. The first-order valence-corrected chi connectivity index (χ1v) is 12.4. The molecule has 0 aliphatic carbocycles. The van der Waals surface area contributed by atoms with Gasteiger partial charge in [0.05, 0.1) is 4.90 Å². The van der Waals surface area contributed by atoms with Crippen LogP contribution < -0.4 is 5.32 Å². The zero-order valence-electron chi connectivity index (χ0n) is 17.0. The minimum Gasteiger partial charge on any atom is -0.326 e. The number of nitrogens with one attached hydrogen (secondary N) is 1. The molecule has 0 aromatic heterocycles. The third-order valence-corrected chi connectivity index (χ3v) is 7.49. The molecule has 10 heteroatoms. The van der Waals surface area contributed by atoms with Gasteiger partial charge in [0, 0.05) is 23.7 Å². The Balaban J connectivity index is 1.75. The Hall–Kier alpha value is -2.36. The molecular weight excluding hydrogens is 458 g/mol. The zero-order chi connectivity index (χ0) is 22.6. The number of sulfonamides is 1. The minimum atomic E-state index is -3.98. The van der Waals surface area contributed by atoms with Crippen LogP contribution in [0.1, 0.15) is 25.8 Å². The second kappa shape index (κ2) is 9.84. The third kappa shape index (κ3) is 5.66. The minimum absolute atomic E-state index is 0.0604. The van der Waals surface area contributed by atoms with E-state index >= 15 is 0 Å². The summed E-state index contributed by atoms with van der Waals surface area (Å²) in [6.07, 6.45) is 0.690. The summed E-state index contributed by atoms with van der Waals surface area (Å²) < 4.78 is 29.3. The molecule has 0 spiro atoms. The first kappa shape index (κ1) is 23.3. The summed E-state index contributed by atoms with van der Waals surface area (Å²) in [5.41, 5.74) is 1.57. The largest absolute Gasteiger partial charge is 0.326 e. The van der Waals surface area contributed by atoms with Gasteiger partial charge < -0.3 is 5.32 Å². The highest BCUT2D eigenvalue weighted by Crippen LogP contribution is 2.31. The number of aryl methyl sites for hydroxylation is 1. The van der Waals surface area contributed by atoms with Crippen molar-refractivity contribution >= 4 is 56.1 Å². The molecule has 164 valence electrons. The van der Waals surface area contributed by atoms with Gasteiger partial charge in [-0.25, -0.2) is 0 Å². The second-order valence-electron chi connectivity index (χ2n) is 6.79. The predicted molar refractivity (Wildman–Crippen MR) is 124 cm³/mol. The van der Waals surface area contributed by atoms with Gasteiger partial charge in [-0.1, -0.05) is 42.4 Å². The van der Waals surface area contributed by atoms with E-state index in [0.717, 1.165) is 23.7 Å². The molecule has 2 amide bonds. The Bertz CT molecular complexity index is 1100. The summed E-state index contributed by atoms with van der Waals surface area (Å²) in [7, 11) is -3.98. The SMILES string of the molecule is CCc1ccc(S(=O)(=O)N=C2S[C@H](CC(=O)Nc3ccc(Cl)cc3)C(=O)N2CC)cc1. The van der Waals surface area contributed by atoms with E-state index in [1.54, 1.807) is 43.3 Å². The number of benzene rings is 2. The fraction of sp³-hybridized carbons (Fsp3) is 0.286. The maximum atomic E-state index is 12.7. The number of rotatable bonds is 7. The quantitative estimate of drug-likeness (QED) is 0.648. The Labute approximate surface area is 190 Å². The molecule has 1 atom stereocenters. The average Bonchev–Trinajstić information content (AvgIpc) is 3.02. The van der Waals surface area contributed by atoms with E-state index in [4.69, 9.17) is 11.6 Å². The van der Waals surface area contributed by atoms with Gasteiger partial charge in [-0.15, -0.1) is 4.40 Å². The summed E-state index contributed by atoms with van der Waals surface area (Å²) in [6.45, 7) is 3.96. The van der Waals surface area contributed by atoms with Crippen molar-refractivity contribution in [2.24, 2.45) is 4.40 Å². The first-order chi connectivity index (χ1) is 14.7. The van der Waals surface area contributed by atoms with Gasteiger partial charge in [-0.05, 0) is 55.3 Å². The summed E-state index contributed by atoms with van der Waals surface area (Å²) in [5, 5.41) is 2.59. The molecule has 0 saturated carbocycles. The number of nitrogens with zero attached hydrogens (tertiary/aromatic N) is 2. The van der Waals surface area contributed by atoms with Crippen LogP contribution in [0.15, 0.2) is 57.8 Å². The lowest BCUT2D eigenvalue weighted by Crippen LogP contribution is -2.33. The summed E-state index contributed by atoms with van der Waals surface area (Å²) >= 11 is 6.82. The van der Waals surface area contributed by atoms with Gasteiger partial charge in [0.1, 0.15) is 5.25 Å². The molecule has 0 unspecified atom stereocenters. The van der Waals surface area contributed by atoms with Crippen molar-refractivity contribution in [3.63, 3.8) is 0 Å². The predicted octanol–water partition coefficient (Wildman–Crippen LogP) is 3.94. The van der Waals surface area contributed by atoms with Crippen LogP contribution in [-0.4, -0.2) is 42.1 Å². The average molecular weight is 480 g/mol. The van der Waals surface area contributed by atoms with Crippen LogP contribution in [0.25, 0.3) is 0 Å². The maximum absolute atomic E-state index is 12.7. The van der Waals surface area contributed by atoms with E-state index in [9.17, 15) is 18.0 Å². The highest BCUT2D eigenvalue weighted by atomic mass is 35.5. The monoisotopic (exact) mass is 479 g/mol. The molecule has 0 bridgehead atoms. The highest BCUT2D eigenvalue weighted by molar-refractivity contribution is 8.16. The highest BCUT2D eigenvalue weighted by Gasteiger charge is 2.39. The van der Waals surface area contributed by atoms with Gasteiger partial charge in [0.15, 0.2) is 5.17 Å². The van der Waals surface area contributed by atoms with Crippen LogP contribution in [-0.2, 0) is 26.0 Å². The lowest BCUT2D eigenvalue weighted by Gasteiger charge is -2.13. The third-order valence-electron chi connectivity index (χ3n) is 4.66. The Kier molecular flexibility index (Phi) is 7.40. The molecule has 1 N–H and O–H groups in total. The smallest absolute Gasteiger partial charge is 0.284 e. The van der Waals surface area contributed by atoms with Crippen LogP contribution in [0.5, 0.6) is 0 Å². The van der Waals surface area contributed by atoms with Gasteiger partial charge in [-0.3, -0.25) is 14.5 Å². The van der Waals surface area contributed by atoms with E-state index in [0.29, 0.717) is 10.7 Å². The number of carbonyl (C=O) groups excluding carboxylic acids is 2. The zero-order valence-corrected chi connectivity index (χ0v) is 19.4. The van der Waals surface area contributed by atoms with E-state index in [2.05, 4.69) is 9.71 Å². The van der Waals surface area contributed by atoms with Gasteiger partial charge in [-0.2, -0.15) is 8.42 Å². The Morgan fingerprint density at radius 2 is 1.77 bits per heavy atom. The molecule has 1 heterocycles. The number of carbonyl (C=O) groups is 2. The molecule has 0 radical (unpaired) electrons. The number of thioether (sulfide) groups is 1. The number of anilines is 1. The van der Waals surface area contributed by atoms with Crippen molar-refractivity contribution in [3.05, 3.63) is 59.1 Å². The molecule has 1 saturated heterocycles. The molecule has 2 aromatic carbocycles. The van der Waals surface area contributed by atoms with Crippen molar-refractivity contribution < 1.29 is 18.0 Å². The van der Waals surface area contributed by atoms with Gasteiger partial charge >= 0.3 is 0 Å². The molecular formula is C21H22ClN3O4S2. The van der Waals surface area contributed by atoms with Crippen LogP contribution in [0, 0.1) is 0 Å². The van der Waals surface area contributed by atoms with Gasteiger partial charge in [0.2, 0.25) is 11.8 Å². The van der Waals surface area contributed by atoms with E-state index in [1.807, 2.05) is 6.92 Å². The van der Waals surface area contributed by atoms with Crippen LogP contribution in [0.4, 0.5) is 5.69 Å². The molecule has 31 heavy (non-hydrogen) atoms. The molecule has 7 nitrogen and oxygen atoms in total. The Morgan fingerprint density at radius 3 is 2.35 bits per heavy atom. The van der Waals surface area contributed by atoms with Crippen LogP contribution in [0.3, 0.4) is 0 Å². The van der Waals surface area contributed by atoms with Crippen LogP contribution >= 0.6 is 23.4 Å². The van der Waals surface area contributed by atoms with Crippen molar-refractivity contribution in [2.75, 3.05) is 11.9 Å². The number of halogens is 1. The number of amides is 2. The lowest BCUT2D eigenvalue weighted by atomic mass is 10.2. The molecule has 1 aliphatic rings. The van der Waals surface area contributed by atoms with Crippen molar-refractivity contribution in [1.82, 2.24) is 4.90 Å². The fourth-order valence-electron chi connectivity index (χ4n) is 2.97. The van der Waals surface area contributed by atoms with E-state index in [-0.39, 0.29) is 34.8 Å². The van der Waals surface area contributed by atoms with Crippen molar-refractivity contribution in [1.29, 1.82) is 0 Å². The molecule has 3 rings (SSSR count). The molecule has 2 aromatic rings. The number of hydrogen-bond donors (Lipinski definition) is 1. The van der Waals surface area contributed by atoms with E-state index < -0.39 is 15.3 Å². The summed E-state index contributed by atoms with van der Waals surface area (Å²) in [6, 6.07) is 13.1. The number of hydrogen-bond acceptors (Lipinski definition) is 5. The van der Waals surface area contributed by atoms with Crippen molar-refractivity contribution in [3.8, 4) is 0 Å². The summed E-state index contributed by atoms with van der Waals surface area (Å²) in [5.74, 6) is -0.697. The normalized spacial score (nSPS) is 17.9. The second-order valence-corrected chi connectivity index (χ2v) is 10.0. The topological polar surface area (TPSA) is 95.9 Å². The first-order valence-electron chi connectivity index (χ1n) is 9.71. The van der Waals surface area contributed by atoms with Crippen molar-refractivity contribution in [2.45, 2.75) is 36.8 Å². The van der Waals surface area contributed by atoms with Gasteiger partial charge in [0.25, 0.3) is 10.0 Å². The van der Waals surface area contributed by atoms with Crippen LogP contribution in [0.2, 0.25) is 5.02 Å². The maximum Gasteiger partial charge on any atom is 0.284 e.